The minimum Gasteiger partial charge on any atom is -0.237 e. The van der Waals surface area contributed by atoms with Crippen molar-refractivity contribution in [3.05, 3.63) is 54.5 Å². The number of halogens is 1. The van der Waals surface area contributed by atoms with Gasteiger partial charge in [-0.2, -0.15) is 0 Å². The first-order valence-electron chi connectivity index (χ1n) is 5.52. The van der Waals surface area contributed by atoms with E-state index in [0.29, 0.717) is 22.4 Å². The Morgan fingerprint density at radius 3 is 2.72 bits per heavy atom. The van der Waals surface area contributed by atoms with Crippen molar-refractivity contribution in [1.82, 2.24) is 9.97 Å². The van der Waals surface area contributed by atoms with Crippen molar-refractivity contribution in [2.45, 2.75) is 0 Å². The monoisotopic (exact) mass is 234 g/mol. The maximum Gasteiger partial charge on any atom is 0.159 e. The van der Waals surface area contributed by atoms with Crippen LogP contribution in [0.25, 0.3) is 22.3 Å². The fourth-order valence-corrected chi connectivity index (χ4v) is 1.89. The molecule has 2 aromatic heterocycles. The highest BCUT2D eigenvalue weighted by molar-refractivity contribution is 6.38. The summed E-state index contributed by atoms with van der Waals surface area (Å²) in [6.07, 6.45) is 1.64. The van der Waals surface area contributed by atoms with Crippen LogP contribution in [0.5, 0.6) is 0 Å². The molecule has 0 amide bonds. The van der Waals surface area contributed by atoms with Gasteiger partial charge in [0, 0.05) is 17.1 Å². The quantitative estimate of drug-likeness (QED) is 0.603. The topological polar surface area (TPSA) is 25.8 Å². The minimum absolute atomic E-state index is 0.320. The molecule has 0 fully saturated rings. The second-order valence-electron chi connectivity index (χ2n) is 3.95. The van der Waals surface area contributed by atoms with Crippen molar-refractivity contribution >= 4 is 24.3 Å². The second kappa shape index (κ2) is 4.22. The number of fused-ring (bicyclic) bond motifs is 1. The molecule has 0 aliphatic carbocycles. The van der Waals surface area contributed by atoms with Gasteiger partial charge in [0.05, 0.1) is 5.69 Å². The van der Waals surface area contributed by atoms with E-state index in [1.165, 1.54) is 6.07 Å². The van der Waals surface area contributed by atoms with Gasteiger partial charge < -0.3 is 0 Å². The maximum absolute atomic E-state index is 13.7. The molecule has 3 rings (SSSR count). The summed E-state index contributed by atoms with van der Waals surface area (Å²) in [6, 6.07) is 11.8. The van der Waals surface area contributed by atoms with Crippen molar-refractivity contribution in [3.8, 4) is 11.3 Å². The highest BCUT2D eigenvalue weighted by Gasteiger charge is 2.08. The Bertz CT molecular complexity index is 728. The fraction of sp³-hybridized carbons (Fsp3) is 0. The van der Waals surface area contributed by atoms with Crippen molar-refractivity contribution in [2.75, 3.05) is 0 Å². The molecule has 0 spiro atoms. The molecule has 3 aromatic rings. The predicted octanol–water partition coefficient (Wildman–Crippen LogP) is 2.23. The number of benzene rings is 1. The Hall–Kier alpha value is -2.23. The summed E-state index contributed by atoms with van der Waals surface area (Å²) in [4.78, 5) is 8.48. The molecule has 2 radical (unpaired) electrons. The van der Waals surface area contributed by atoms with E-state index in [1.54, 1.807) is 36.5 Å². The SMILES string of the molecule is [B]c1cc(-c2ccccc2F)nc2ncccc12. The van der Waals surface area contributed by atoms with Gasteiger partial charge in [-0.05, 0) is 24.3 Å². The van der Waals surface area contributed by atoms with E-state index in [-0.39, 0.29) is 5.82 Å². The first-order valence-corrected chi connectivity index (χ1v) is 5.52. The Balaban J connectivity index is 2.28. The predicted molar refractivity (Wildman–Crippen MR) is 70.3 cm³/mol. The Labute approximate surface area is 105 Å². The van der Waals surface area contributed by atoms with Crippen LogP contribution in [0.2, 0.25) is 0 Å². The highest BCUT2D eigenvalue weighted by atomic mass is 19.1. The van der Waals surface area contributed by atoms with Crippen LogP contribution in [-0.4, -0.2) is 17.8 Å². The van der Waals surface area contributed by atoms with Crippen LogP contribution < -0.4 is 5.46 Å². The van der Waals surface area contributed by atoms with Crippen molar-refractivity contribution < 1.29 is 4.39 Å². The van der Waals surface area contributed by atoms with E-state index >= 15 is 0 Å². The zero-order valence-corrected chi connectivity index (χ0v) is 9.47. The summed E-state index contributed by atoms with van der Waals surface area (Å²) in [5.41, 5.74) is 2.00. The van der Waals surface area contributed by atoms with Gasteiger partial charge in [-0.15, -0.1) is 0 Å². The van der Waals surface area contributed by atoms with Crippen molar-refractivity contribution in [1.29, 1.82) is 0 Å². The lowest BCUT2D eigenvalue weighted by atomic mass is 9.91. The summed E-state index contributed by atoms with van der Waals surface area (Å²) in [5.74, 6) is -0.320. The Morgan fingerprint density at radius 2 is 1.89 bits per heavy atom. The number of hydrogen-bond acceptors (Lipinski definition) is 2. The van der Waals surface area contributed by atoms with Gasteiger partial charge in [0.15, 0.2) is 5.65 Å². The summed E-state index contributed by atoms with van der Waals surface area (Å²) < 4.78 is 13.7. The number of aromatic nitrogens is 2. The van der Waals surface area contributed by atoms with Crippen LogP contribution >= 0.6 is 0 Å². The minimum atomic E-state index is -0.320. The summed E-state index contributed by atoms with van der Waals surface area (Å²) in [6.45, 7) is 0. The van der Waals surface area contributed by atoms with Gasteiger partial charge in [-0.25, -0.2) is 14.4 Å². The molecule has 0 aliphatic rings. The summed E-state index contributed by atoms with van der Waals surface area (Å²) in [5, 5.41) is 0.776. The first kappa shape index (κ1) is 10.9. The van der Waals surface area contributed by atoms with Crippen LogP contribution in [0.4, 0.5) is 4.39 Å². The molecule has 18 heavy (non-hydrogen) atoms. The van der Waals surface area contributed by atoms with E-state index < -0.39 is 0 Å². The van der Waals surface area contributed by atoms with Crippen molar-refractivity contribution in [3.63, 3.8) is 0 Å². The number of rotatable bonds is 1. The Morgan fingerprint density at radius 1 is 1.06 bits per heavy atom. The lowest BCUT2D eigenvalue weighted by molar-refractivity contribution is 0.631. The molecule has 2 nitrogen and oxygen atoms in total. The summed E-state index contributed by atoms with van der Waals surface area (Å²) >= 11 is 0. The molecule has 0 atom stereocenters. The van der Waals surface area contributed by atoms with E-state index in [9.17, 15) is 4.39 Å². The standard InChI is InChI=1S/C14H8BFN2/c15-11-8-13(10-4-1-2-6-12(10)16)18-14-9(11)5-3-7-17-14/h1-8H. The number of hydrogen-bond donors (Lipinski definition) is 0. The molecule has 84 valence electrons. The van der Waals surface area contributed by atoms with E-state index in [2.05, 4.69) is 9.97 Å². The third-order valence-electron chi connectivity index (χ3n) is 2.77. The molecule has 2 heterocycles. The third kappa shape index (κ3) is 1.76. The van der Waals surface area contributed by atoms with Crippen LogP contribution in [0, 0.1) is 5.82 Å². The van der Waals surface area contributed by atoms with Crippen LogP contribution in [0.15, 0.2) is 48.7 Å². The first-order chi connectivity index (χ1) is 8.75. The fourth-order valence-electron chi connectivity index (χ4n) is 1.89. The zero-order chi connectivity index (χ0) is 12.5. The normalized spacial score (nSPS) is 10.7. The van der Waals surface area contributed by atoms with Crippen LogP contribution in [-0.2, 0) is 0 Å². The molecule has 4 heteroatoms. The van der Waals surface area contributed by atoms with Crippen LogP contribution in [0.1, 0.15) is 0 Å². The lowest BCUT2D eigenvalue weighted by Crippen LogP contribution is -2.07. The molecule has 0 N–H and O–H groups in total. The molecule has 0 saturated heterocycles. The highest BCUT2D eigenvalue weighted by Crippen LogP contribution is 2.21. The summed E-state index contributed by atoms with van der Waals surface area (Å²) in [7, 11) is 5.94. The smallest absolute Gasteiger partial charge is 0.159 e. The van der Waals surface area contributed by atoms with Crippen molar-refractivity contribution in [2.24, 2.45) is 0 Å². The molecule has 0 unspecified atom stereocenters. The largest absolute Gasteiger partial charge is 0.237 e. The molecule has 0 bridgehead atoms. The molecule has 0 aliphatic heterocycles. The van der Waals surface area contributed by atoms with E-state index in [0.717, 1.165) is 5.39 Å². The van der Waals surface area contributed by atoms with Gasteiger partial charge >= 0.3 is 0 Å². The third-order valence-corrected chi connectivity index (χ3v) is 2.77. The van der Waals surface area contributed by atoms with E-state index in [4.69, 9.17) is 7.85 Å². The van der Waals surface area contributed by atoms with Gasteiger partial charge in [0.25, 0.3) is 0 Å². The Kier molecular flexibility index (Phi) is 2.56. The number of nitrogens with zero attached hydrogens (tertiary/aromatic N) is 2. The van der Waals surface area contributed by atoms with Gasteiger partial charge in [0.1, 0.15) is 13.7 Å². The second-order valence-corrected chi connectivity index (χ2v) is 3.95. The van der Waals surface area contributed by atoms with Gasteiger partial charge in [-0.3, -0.25) is 0 Å². The molecular formula is C14H8BFN2. The van der Waals surface area contributed by atoms with Crippen LogP contribution in [0.3, 0.4) is 0 Å². The maximum atomic E-state index is 13.7. The molecule has 1 aromatic carbocycles. The molecular weight excluding hydrogens is 226 g/mol. The zero-order valence-electron chi connectivity index (χ0n) is 9.47. The van der Waals surface area contributed by atoms with E-state index in [1.807, 2.05) is 6.07 Å². The lowest BCUT2D eigenvalue weighted by Gasteiger charge is -2.06. The average Bonchev–Trinajstić information content (AvgIpc) is 2.39. The van der Waals surface area contributed by atoms with Gasteiger partial charge in [0.2, 0.25) is 0 Å². The van der Waals surface area contributed by atoms with Gasteiger partial charge in [-0.1, -0.05) is 23.7 Å². The molecule has 0 saturated carbocycles. The number of pyridine rings is 2. The average molecular weight is 234 g/mol.